The molecular formula is C20H17BrFN3S. The molecule has 2 aliphatic rings. The molecule has 1 saturated heterocycles. The van der Waals surface area contributed by atoms with E-state index in [9.17, 15) is 4.39 Å². The van der Waals surface area contributed by atoms with Gasteiger partial charge in [-0.2, -0.15) is 0 Å². The third-order valence-electron chi connectivity index (χ3n) is 5.14. The van der Waals surface area contributed by atoms with Gasteiger partial charge in [0.25, 0.3) is 0 Å². The Hall–Kier alpha value is -1.79. The van der Waals surface area contributed by atoms with Gasteiger partial charge in [0, 0.05) is 24.0 Å². The molecule has 0 amide bonds. The van der Waals surface area contributed by atoms with Crippen molar-refractivity contribution in [1.29, 1.82) is 0 Å². The first-order valence-electron chi connectivity index (χ1n) is 8.90. The van der Waals surface area contributed by atoms with Crippen molar-refractivity contribution in [3.8, 4) is 11.3 Å². The molecule has 0 N–H and O–H groups in total. The number of anilines is 1. The Bertz CT molecular complexity index is 1040. The molecule has 5 rings (SSSR count). The van der Waals surface area contributed by atoms with Gasteiger partial charge in [-0.3, -0.25) is 0 Å². The molecule has 3 nitrogen and oxygen atoms in total. The molecule has 0 radical (unpaired) electrons. The highest BCUT2D eigenvalue weighted by Gasteiger charge is 2.24. The van der Waals surface area contributed by atoms with Crippen LogP contribution in [0, 0.1) is 5.82 Å². The number of thiophene rings is 1. The Morgan fingerprint density at radius 1 is 1.12 bits per heavy atom. The molecule has 0 atom stereocenters. The zero-order valence-electron chi connectivity index (χ0n) is 14.1. The lowest BCUT2D eigenvalue weighted by atomic mass is 9.99. The first-order chi connectivity index (χ1) is 12.7. The van der Waals surface area contributed by atoms with Crippen LogP contribution in [-0.2, 0) is 6.42 Å². The van der Waals surface area contributed by atoms with Crippen molar-refractivity contribution in [3.63, 3.8) is 0 Å². The number of piperidine rings is 1. The van der Waals surface area contributed by atoms with Gasteiger partial charge in [0.2, 0.25) is 5.95 Å². The second-order valence-corrected chi connectivity index (χ2v) is 8.52. The monoisotopic (exact) mass is 429 g/mol. The Morgan fingerprint density at radius 3 is 2.81 bits per heavy atom. The molecule has 0 spiro atoms. The number of hydrogen-bond donors (Lipinski definition) is 0. The molecule has 1 aliphatic heterocycles. The first kappa shape index (κ1) is 16.4. The second-order valence-electron chi connectivity index (χ2n) is 6.78. The van der Waals surface area contributed by atoms with Crippen LogP contribution in [0.5, 0.6) is 0 Å². The predicted octanol–water partition coefficient (Wildman–Crippen LogP) is 5.82. The predicted molar refractivity (Wildman–Crippen MR) is 109 cm³/mol. The largest absolute Gasteiger partial charge is 0.341 e. The van der Waals surface area contributed by atoms with E-state index < -0.39 is 0 Å². The highest BCUT2D eigenvalue weighted by Crippen LogP contribution is 2.41. The summed E-state index contributed by atoms with van der Waals surface area (Å²) in [5, 5.41) is 2.01. The molecule has 3 heterocycles. The van der Waals surface area contributed by atoms with E-state index in [1.165, 1.54) is 6.42 Å². The molecule has 0 bridgehead atoms. The highest BCUT2D eigenvalue weighted by molar-refractivity contribution is 9.10. The third-order valence-corrected chi connectivity index (χ3v) is 7.03. The van der Waals surface area contributed by atoms with Crippen molar-refractivity contribution in [2.24, 2.45) is 0 Å². The normalized spacial score (nSPS) is 16.5. The maximum Gasteiger partial charge on any atom is 0.226 e. The number of nitrogens with zero attached hydrogens (tertiary/aromatic N) is 3. The van der Waals surface area contributed by atoms with Gasteiger partial charge in [-0.05, 0) is 58.8 Å². The number of allylic oxidation sites excluding steroid dienone is 1. The van der Waals surface area contributed by atoms with E-state index >= 15 is 0 Å². The molecule has 6 heteroatoms. The molecule has 1 fully saturated rings. The molecule has 132 valence electrons. The van der Waals surface area contributed by atoms with Crippen molar-refractivity contribution in [1.82, 2.24) is 9.97 Å². The lowest BCUT2D eigenvalue weighted by Gasteiger charge is -2.27. The summed E-state index contributed by atoms with van der Waals surface area (Å²) in [7, 11) is 0. The van der Waals surface area contributed by atoms with E-state index in [4.69, 9.17) is 9.97 Å². The molecule has 26 heavy (non-hydrogen) atoms. The zero-order valence-corrected chi connectivity index (χ0v) is 16.5. The van der Waals surface area contributed by atoms with Crippen LogP contribution >= 0.6 is 27.3 Å². The number of fused-ring (bicyclic) bond motifs is 2. The van der Waals surface area contributed by atoms with E-state index in [1.54, 1.807) is 17.4 Å². The Morgan fingerprint density at radius 2 is 1.96 bits per heavy atom. The maximum atomic E-state index is 14.9. The fraction of sp³-hybridized carbons (Fsp3) is 0.300. The minimum Gasteiger partial charge on any atom is -0.341 e. The van der Waals surface area contributed by atoms with Crippen LogP contribution in [0.15, 0.2) is 28.1 Å². The van der Waals surface area contributed by atoms with Gasteiger partial charge in [-0.1, -0.05) is 18.2 Å². The van der Waals surface area contributed by atoms with Crippen LogP contribution in [0.4, 0.5) is 10.3 Å². The van der Waals surface area contributed by atoms with Crippen molar-refractivity contribution < 1.29 is 4.39 Å². The summed E-state index contributed by atoms with van der Waals surface area (Å²) < 4.78 is 16.8. The van der Waals surface area contributed by atoms with Gasteiger partial charge >= 0.3 is 0 Å². The van der Waals surface area contributed by atoms with Crippen molar-refractivity contribution in [2.45, 2.75) is 25.7 Å². The van der Waals surface area contributed by atoms with Gasteiger partial charge in [0.05, 0.1) is 14.9 Å². The maximum absolute atomic E-state index is 14.9. The van der Waals surface area contributed by atoms with Crippen LogP contribution in [-0.4, -0.2) is 23.1 Å². The van der Waals surface area contributed by atoms with Crippen LogP contribution in [0.1, 0.15) is 30.4 Å². The average Bonchev–Trinajstić information content (AvgIpc) is 3.29. The molecule has 0 unspecified atom stereocenters. The summed E-state index contributed by atoms with van der Waals surface area (Å²) in [5.41, 5.74) is 4.31. The zero-order chi connectivity index (χ0) is 17.7. The van der Waals surface area contributed by atoms with Gasteiger partial charge in [0.15, 0.2) is 0 Å². The summed E-state index contributed by atoms with van der Waals surface area (Å²) in [6.45, 7) is 1.92. The van der Waals surface area contributed by atoms with E-state index in [1.807, 2.05) is 17.5 Å². The van der Waals surface area contributed by atoms with Crippen LogP contribution < -0.4 is 4.90 Å². The van der Waals surface area contributed by atoms with Gasteiger partial charge in [0.1, 0.15) is 11.3 Å². The Labute approximate surface area is 163 Å². The quantitative estimate of drug-likeness (QED) is 0.513. The van der Waals surface area contributed by atoms with Crippen molar-refractivity contribution >= 4 is 49.5 Å². The minimum absolute atomic E-state index is 0.218. The summed E-state index contributed by atoms with van der Waals surface area (Å²) in [5.74, 6) is 0.495. The van der Waals surface area contributed by atoms with E-state index in [0.717, 1.165) is 58.2 Å². The summed E-state index contributed by atoms with van der Waals surface area (Å²) >= 11 is 5.17. The summed E-state index contributed by atoms with van der Waals surface area (Å²) in [6.07, 6.45) is 8.51. The third kappa shape index (κ3) is 2.58. The Balaban J connectivity index is 1.78. The van der Waals surface area contributed by atoms with Crippen molar-refractivity contribution in [3.05, 3.63) is 45.0 Å². The van der Waals surface area contributed by atoms with Crippen LogP contribution in [0.2, 0.25) is 0 Å². The fourth-order valence-corrected chi connectivity index (χ4v) is 5.39. The van der Waals surface area contributed by atoms with Crippen LogP contribution in [0.25, 0.3) is 27.6 Å². The number of rotatable bonds is 2. The number of hydrogen-bond acceptors (Lipinski definition) is 4. The SMILES string of the molecule is Fc1ccc2c(c1-c1nc(N3CCCCC3)nc3c(Br)csc13)C=CC2. The molecule has 0 saturated carbocycles. The second kappa shape index (κ2) is 6.43. The van der Waals surface area contributed by atoms with E-state index in [-0.39, 0.29) is 5.82 Å². The standard InChI is InChI=1S/C20H17BrFN3S/c21-14-11-26-19-17(14)23-20(25-9-2-1-3-10-25)24-18(19)16-13-6-4-5-12(13)7-8-15(16)22/h4,6-8,11H,1-3,5,9-10H2. The lowest BCUT2D eigenvalue weighted by molar-refractivity contribution is 0.569. The topological polar surface area (TPSA) is 29.0 Å². The van der Waals surface area contributed by atoms with Gasteiger partial charge in [-0.15, -0.1) is 11.3 Å². The minimum atomic E-state index is -0.218. The molecule has 1 aliphatic carbocycles. The molecule has 3 aromatic rings. The summed E-state index contributed by atoms with van der Waals surface area (Å²) in [4.78, 5) is 11.9. The van der Waals surface area contributed by atoms with E-state index in [0.29, 0.717) is 17.2 Å². The first-order valence-corrected chi connectivity index (χ1v) is 10.6. The highest BCUT2D eigenvalue weighted by atomic mass is 79.9. The summed E-state index contributed by atoms with van der Waals surface area (Å²) in [6, 6.07) is 3.45. The van der Waals surface area contributed by atoms with E-state index in [2.05, 4.69) is 26.9 Å². The smallest absolute Gasteiger partial charge is 0.226 e. The fourth-order valence-electron chi connectivity index (χ4n) is 3.83. The number of benzene rings is 1. The molecular weight excluding hydrogens is 413 g/mol. The van der Waals surface area contributed by atoms with Crippen molar-refractivity contribution in [2.75, 3.05) is 18.0 Å². The average molecular weight is 430 g/mol. The Kier molecular flexibility index (Phi) is 4.05. The van der Waals surface area contributed by atoms with Gasteiger partial charge in [-0.25, -0.2) is 14.4 Å². The number of halogens is 2. The lowest BCUT2D eigenvalue weighted by Crippen LogP contribution is -2.31. The number of aromatic nitrogens is 2. The van der Waals surface area contributed by atoms with Gasteiger partial charge < -0.3 is 4.90 Å². The van der Waals surface area contributed by atoms with Crippen LogP contribution in [0.3, 0.4) is 0 Å². The molecule has 2 aromatic heterocycles. The molecule has 1 aromatic carbocycles.